The number of anilines is 3. The molecule has 0 radical (unpaired) electrons. The second-order valence-electron chi connectivity index (χ2n) is 16.1. The van der Waals surface area contributed by atoms with E-state index in [1.165, 1.54) is 33.4 Å². The molecule has 0 aliphatic carbocycles. The highest BCUT2D eigenvalue weighted by atomic mass is 16.3. The van der Waals surface area contributed by atoms with Crippen molar-refractivity contribution in [2.45, 2.75) is 5.41 Å². The molecule has 11 rings (SSSR count). The van der Waals surface area contributed by atoms with Gasteiger partial charge in [0, 0.05) is 27.8 Å². The zero-order chi connectivity index (χ0) is 42.0. The maximum absolute atomic E-state index is 6.26. The quantitative estimate of drug-likeness (QED) is 0.128. The van der Waals surface area contributed by atoms with Crippen LogP contribution in [0.2, 0.25) is 0 Å². The van der Waals surface area contributed by atoms with Crippen LogP contribution in [0.1, 0.15) is 22.3 Å². The third kappa shape index (κ3) is 6.98. The highest BCUT2D eigenvalue weighted by Crippen LogP contribution is 2.46. The Bertz CT molecular complexity index is 3200. The zero-order valence-electron chi connectivity index (χ0n) is 34.7. The Morgan fingerprint density at radius 3 is 1.21 bits per heavy atom. The van der Waals surface area contributed by atoms with E-state index in [0.717, 1.165) is 61.3 Å². The fraction of sp³-hybridized carbons (Fsp3) is 0.0164. The molecule has 0 N–H and O–H groups in total. The summed E-state index contributed by atoms with van der Waals surface area (Å²) in [7, 11) is 0. The van der Waals surface area contributed by atoms with Gasteiger partial charge in [-0.25, -0.2) is 0 Å². The second kappa shape index (κ2) is 16.3. The van der Waals surface area contributed by atoms with E-state index in [0.29, 0.717) is 0 Å². The Morgan fingerprint density at radius 2 is 0.651 bits per heavy atom. The minimum Gasteiger partial charge on any atom is -0.456 e. The Hall–Kier alpha value is -8.20. The summed E-state index contributed by atoms with van der Waals surface area (Å²) in [5, 5.41) is 2.27. The summed E-state index contributed by atoms with van der Waals surface area (Å²) >= 11 is 0. The molecule has 11 aromatic rings. The lowest BCUT2D eigenvalue weighted by molar-refractivity contribution is 0.669. The highest BCUT2D eigenvalue weighted by Gasteiger charge is 2.38. The number of furan rings is 1. The van der Waals surface area contributed by atoms with Crippen LogP contribution in [0, 0.1) is 0 Å². The monoisotopic (exact) mass is 805 g/mol. The van der Waals surface area contributed by atoms with Gasteiger partial charge in [0.25, 0.3) is 0 Å². The minimum absolute atomic E-state index is 0.505. The molecule has 298 valence electrons. The van der Waals surface area contributed by atoms with Crippen LogP contribution in [0.25, 0.3) is 55.3 Å². The average Bonchev–Trinajstić information content (AvgIpc) is 3.74. The predicted molar refractivity (Wildman–Crippen MR) is 263 cm³/mol. The molecule has 0 saturated carbocycles. The van der Waals surface area contributed by atoms with Crippen molar-refractivity contribution in [2.75, 3.05) is 4.90 Å². The molecular formula is C61H43NO. The molecule has 0 aliphatic rings. The number of nitrogens with zero attached hydrogens (tertiary/aromatic N) is 1. The van der Waals surface area contributed by atoms with Crippen molar-refractivity contribution in [3.8, 4) is 33.4 Å². The Labute approximate surface area is 368 Å². The molecule has 2 nitrogen and oxygen atoms in total. The first-order chi connectivity index (χ1) is 31.2. The van der Waals surface area contributed by atoms with Gasteiger partial charge in [0.05, 0.1) is 5.41 Å². The molecular weight excluding hydrogens is 763 g/mol. The summed E-state index contributed by atoms with van der Waals surface area (Å²) in [4.78, 5) is 2.36. The molecule has 0 bridgehead atoms. The minimum atomic E-state index is -0.505. The smallest absolute Gasteiger partial charge is 0.136 e. The van der Waals surface area contributed by atoms with Crippen LogP contribution in [-0.2, 0) is 5.41 Å². The number of para-hydroxylation sites is 1. The summed E-state index contributed by atoms with van der Waals surface area (Å²) in [5.74, 6) is 0. The van der Waals surface area contributed by atoms with Gasteiger partial charge in [-0.3, -0.25) is 0 Å². The number of benzene rings is 10. The van der Waals surface area contributed by atoms with Crippen molar-refractivity contribution in [1.29, 1.82) is 0 Å². The summed E-state index contributed by atoms with van der Waals surface area (Å²) in [6.07, 6.45) is 0. The molecule has 1 heterocycles. The first-order valence-corrected chi connectivity index (χ1v) is 21.6. The standard InChI is InChI=1S/C61H43NO/c1-5-17-44(18-6-1)47-19-15-27-55(41-47)62(54-38-33-46(34-39-54)49-35-40-58-57-29-13-14-30-59(57)63-60(58)43-49)56-28-16-20-48(42-56)45-31-36-53(37-32-45)61(50-21-7-2-8-22-50,51-23-9-3-10-24-51)52-25-11-4-12-26-52/h1-43H. The van der Waals surface area contributed by atoms with Crippen molar-refractivity contribution in [3.63, 3.8) is 0 Å². The SMILES string of the molecule is c1ccc(-c2cccc(N(c3ccc(-c4ccc5c(c4)oc4ccccc45)cc3)c3cccc(-c4ccc(C(c5ccccc5)(c5ccccc5)c5ccccc5)cc4)c3)c2)cc1. The van der Waals surface area contributed by atoms with Gasteiger partial charge in [0.2, 0.25) is 0 Å². The fourth-order valence-corrected chi connectivity index (χ4v) is 9.41. The van der Waals surface area contributed by atoms with E-state index in [-0.39, 0.29) is 0 Å². The molecule has 0 saturated heterocycles. The second-order valence-corrected chi connectivity index (χ2v) is 16.1. The fourth-order valence-electron chi connectivity index (χ4n) is 9.41. The number of fused-ring (bicyclic) bond motifs is 3. The lowest BCUT2D eigenvalue weighted by Crippen LogP contribution is -2.30. The van der Waals surface area contributed by atoms with E-state index >= 15 is 0 Å². The van der Waals surface area contributed by atoms with Gasteiger partial charge in [-0.15, -0.1) is 0 Å². The van der Waals surface area contributed by atoms with E-state index in [4.69, 9.17) is 4.42 Å². The number of hydrogen-bond acceptors (Lipinski definition) is 2. The molecule has 0 amide bonds. The van der Waals surface area contributed by atoms with Crippen LogP contribution in [0.4, 0.5) is 17.1 Å². The van der Waals surface area contributed by atoms with Crippen molar-refractivity contribution in [2.24, 2.45) is 0 Å². The van der Waals surface area contributed by atoms with Crippen LogP contribution < -0.4 is 4.90 Å². The highest BCUT2D eigenvalue weighted by molar-refractivity contribution is 6.06. The van der Waals surface area contributed by atoms with Gasteiger partial charge in [0.1, 0.15) is 11.2 Å². The van der Waals surface area contributed by atoms with Gasteiger partial charge in [-0.05, 0) is 110 Å². The van der Waals surface area contributed by atoms with Gasteiger partial charge < -0.3 is 9.32 Å². The summed E-state index contributed by atoms with van der Waals surface area (Å²) in [6, 6.07) is 93.9. The zero-order valence-corrected chi connectivity index (χ0v) is 34.7. The number of hydrogen-bond donors (Lipinski definition) is 0. The van der Waals surface area contributed by atoms with E-state index < -0.39 is 5.41 Å². The van der Waals surface area contributed by atoms with E-state index in [1.54, 1.807) is 0 Å². The third-order valence-electron chi connectivity index (χ3n) is 12.4. The lowest BCUT2D eigenvalue weighted by Gasteiger charge is -2.37. The van der Waals surface area contributed by atoms with Crippen LogP contribution >= 0.6 is 0 Å². The molecule has 0 atom stereocenters. The third-order valence-corrected chi connectivity index (χ3v) is 12.4. The topological polar surface area (TPSA) is 16.4 Å². The van der Waals surface area contributed by atoms with Gasteiger partial charge in [-0.2, -0.15) is 0 Å². The van der Waals surface area contributed by atoms with Crippen molar-refractivity contribution >= 4 is 39.0 Å². The van der Waals surface area contributed by atoms with Gasteiger partial charge in [-0.1, -0.05) is 206 Å². The van der Waals surface area contributed by atoms with E-state index in [2.05, 4.69) is 254 Å². The van der Waals surface area contributed by atoms with Crippen molar-refractivity contribution in [1.82, 2.24) is 0 Å². The normalized spacial score (nSPS) is 11.5. The Balaban J connectivity index is 0.996. The Kier molecular flexibility index (Phi) is 9.80. The molecule has 2 heteroatoms. The largest absolute Gasteiger partial charge is 0.456 e. The van der Waals surface area contributed by atoms with Crippen molar-refractivity contribution < 1.29 is 4.42 Å². The molecule has 10 aromatic carbocycles. The molecule has 0 spiro atoms. The van der Waals surface area contributed by atoms with Gasteiger partial charge in [0.15, 0.2) is 0 Å². The molecule has 63 heavy (non-hydrogen) atoms. The summed E-state index contributed by atoms with van der Waals surface area (Å²) in [5.41, 5.74) is 16.3. The van der Waals surface area contributed by atoms with Crippen LogP contribution in [-0.4, -0.2) is 0 Å². The van der Waals surface area contributed by atoms with Gasteiger partial charge >= 0.3 is 0 Å². The molecule has 0 aliphatic heterocycles. The van der Waals surface area contributed by atoms with Crippen molar-refractivity contribution in [3.05, 3.63) is 283 Å². The lowest BCUT2D eigenvalue weighted by atomic mass is 9.65. The summed E-state index contributed by atoms with van der Waals surface area (Å²) in [6.45, 7) is 0. The maximum atomic E-state index is 6.26. The first-order valence-electron chi connectivity index (χ1n) is 21.6. The Morgan fingerprint density at radius 1 is 0.254 bits per heavy atom. The molecule has 0 unspecified atom stereocenters. The molecule has 1 aromatic heterocycles. The maximum Gasteiger partial charge on any atom is 0.136 e. The summed E-state index contributed by atoms with van der Waals surface area (Å²) < 4.78 is 6.26. The van der Waals surface area contributed by atoms with Crippen LogP contribution in [0.15, 0.2) is 265 Å². The van der Waals surface area contributed by atoms with Crippen LogP contribution in [0.3, 0.4) is 0 Å². The van der Waals surface area contributed by atoms with E-state index in [1.807, 2.05) is 12.1 Å². The first kappa shape index (κ1) is 37.8. The van der Waals surface area contributed by atoms with Crippen LogP contribution in [0.5, 0.6) is 0 Å². The average molecular weight is 806 g/mol. The predicted octanol–water partition coefficient (Wildman–Crippen LogP) is 16.4. The number of rotatable bonds is 10. The molecule has 0 fully saturated rings. The van der Waals surface area contributed by atoms with E-state index in [9.17, 15) is 0 Å².